The molecule has 0 bridgehead atoms. The van der Waals surface area contributed by atoms with Gasteiger partial charge in [0.1, 0.15) is 18.1 Å². The van der Waals surface area contributed by atoms with Crippen LogP contribution in [-0.4, -0.2) is 25.5 Å². The summed E-state index contributed by atoms with van der Waals surface area (Å²) in [5, 5.41) is 0. The molecule has 25 heavy (non-hydrogen) atoms. The Labute approximate surface area is 147 Å². The Morgan fingerprint density at radius 2 is 1.72 bits per heavy atom. The van der Waals surface area contributed by atoms with Gasteiger partial charge in [0.15, 0.2) is 5.78 Å². The zero-order chi connectivity index (χ0) is 18.4. The van der Waals surface area contributed by atoms with Gasteiger partial charge in [-0.25, -0.2) is 4.79 Å². The van der Waals surface area contributed by atoms with E-state index in [-0.39, 0.29) is 12.4 Å². The summed E-state index contributed by atoms with van der Waals surface area (Å²) in [7, 11) is 1.55. The molecular weight excluding hydrogens is 320 g/mol. The van der Waals surface area contributed by atoms with Gasteiger partial charge in [-0.1, -0.05) is 6.07 Å². The van der Waals surface area contributed by atoms with Crippen molar-refractivity contribution in [1.29, 1.82) is 0 Å². The van der Waals surface area contributed by atoms with Crippen LogP contribution in [0.4, 0.5) is 0 Å². The molecule has 0 unspecified atom stereocenters. The van der Waals surface area contributed by atoms with Crippen LogP contribution < -0.4 is 9.47 Å². The van der Waals surface area contributed by atoms with Crippen molar-refractivity contribution in [3.05, 3.63) is 58.7 Å². The van der Waals surface area contributed by atoms with Crippen LogP contribution in [0.15, 0.2) is 36.4 Å². The first-order chi connectivity index (χ1) is 12.0. The highest BCUT2D eigenvalue weighted by atomic mass is 16.5. The first kappa shape index (κ1) is 18.5. The molecule has 0 spiro atoms. The van der Waals surface area contributed by atoms with Crippen molar-refractivity contribution in [3.63, 3.8) is 0 Å². The molecule has 5 heteroatoms. The molecule has 2 aromatic rings. The molecule has 5 nitrogen and oxygen atoms in total. The van der Waals surface area contributed by atoms with Crippen molar-refractivity contribution in [3.8, 4) is 11.5 Å². The molecule has 0 aromatic heterocycles. The number of ketones is 1. The van der Waals surface area contributed by atoms with E-state index in [2.05, 4.69) is 0 Å². The standard InChI is InChI=1S/C20H22O5/c1-5-24-18-9-8-15(14(3)21)10-17(18)12-25-20(22)16-7-6-13(2)19(11-16)23-4/h6-11H,5,12H2,1-4H3. The Bertz CT molecular complexity index is 780. The van der Waals surface area contributed by atoms with Crippen LogP contribution in [0.5, 0.6) is 11.5 Å². The second kappa shape index (κ2) is 8.33. The van der Waals surface area contributed by atoms with Crippen LogP contribution in [0.1, 0.15) is 45.7 Å². The Kier molecular flexibility index (Phi) is 6.17. The lowest BCUT2D eigenvalue weighted by atomic mass is 10.1. The lowest BCUT2D eigenvalue weighted by Gasteiger charge is -2.12. The SMILES string of the molecule is CCOc1ccc(C(C)=O)cc1COC(=O)c1ccc(C)c(OC)c1. The van der Waals surface area contributed by atoms with Crippen LogP contribution in [0.2, 0.25) is 0 Å². The quantitative estimate of drug-likeness (QED) is 0.563. The number of esters is 1. The average Bonchev–Trinajstić information content (AvgIpc) is 2.61. The fraction of sp³-hybridized carbons (Fsp3) is 0.300. The third-order valence-electron chi connectivity index (χ3n) is 3.77. The molecule has 0 amide bonds. The van der Waals surface area contributed by atoms with Crippen LogP contribution in [0.25, 0.3) is 0 Å². The predicted molar refractivity (Wildman–Crippen MR) is 94.5 cm³/mol. The molecule has 0 aliphatic carbocycles. The number of hydrogen-bond donors (Lipinski definition) is 0. The maximum atomic E-state index is 12.3. The van der Waals surface area contributed by atoms with Crippen LogP contribution in [0, 0.1) is 6.92 Å². The van der Waals surface area contributed by atoms with Gasteiger partial charge in [-0.3, -0.25) is 4.79 Å². The largest absolute Gasteiger partial charge is 0.496 e. The zero-order valence-electron chi connectivity index (χ0n) is 14.9. The van der Waals surface area contributed by atoms with Crippen LogP contribution in [0.3, 0.4) is 0 Å². The molecule has 0 fully saturated rings. The number of ether oxygens (including phenoxy) is 3. The van der Waals surface area contributed by atoms with Crippen molar-refractivity contribution in [2.45, 2.75) is 27.4 Å². The van der Waals surface area contributed by atoms with Crippen molar-refractivity contribution < 1.29 is 23.8 Å². The van der Waals surface area contributed by atoms with Crippen molar-refractivity contribution in [2.75, 3.05) is 13.7 Å². The van der Waals surface area contributed by atoms with E-state index >= 15 is 0 Å². The van der Waals surface area contributed by atoms with Gasteiger partial charge < -0.3 is 14.2 Å². The normalized spacial score (nSPS) is 10.2. The van der Waals surface area contributed by atoms with E-state index in [1.165, 1.54) is 6.92 Å². The summed E-state index contributed by atoms with van der Waals surface area (Å²) in [6.07, 6.45) is 0. The minimum absolute atomic E-state index is 0.0193. The molecule has 0 N–H and O–H groups in total. The molecule has 0 saturated heterocycles. The molecule has 0 aliphatic heterocycles. The van der Waals surface area contributed by atoms with E-state index in [9.17, 15) is 9.59 Å². The third kappa shape index (κ3) is 4.59. The topological polar surface area (TPSA) is 61.8 Å². The van der Waals surface area contributed by atoms with E-state index in [0.29, 0.717) is 34.8 Å². The Balaban J connectivity index is 2.18. The predicted octanol–water partition coefficient (Wildman–Crippen LogP) is 3.96. The number of carbonyl (C=O) groups excluding carboxylic acids is 2. The summed E-state index contributed by atoms with van der Waals surface area (Å²) in [6, 6.07) is 10.2. The summed E-state index contributed by atoms with van der Waals surface area (Å²) >= 11 is 0. The number of Topliss-reactive ketones (excluding diaryl/α,β-unsaturated/α-hetero) is 1. The molecule has 2 rings (SSSR count). The smallest absolute Gasteiger partial charge is 0.338 e. The van der Waals surface area contributed by atoms with Crippen molar-refractivity contribution >= 4 is 11.8 Å². The minimum atomic E-state index is -0.464. The molecule has 0 aliphatic rings. The monoisotopic (exact) mass is 342 g/mol. The maximum absolute atomic E-state index is 12.3. The average molecular weight is 342 g/mol. The minimum Gasteiger partial charge on any atom is -0.496 e. The second-order valence-electron chi connectivity index (χ2n) is 5.57. The van der Waals surface area contributed by atoms with Gasteiger partial charge in [0.05, 0.1) is 19.3 Å². The van der Waals surface area contributed by atoms with E-state index in [0.717, 1.165) is 5.56 Å². The number of hydrogen-bond acceptors (Lipinski definition) is 5. The molecule has 132 valence electrons. The van der Waals surface area contributed by atoms with Crippen LogP contribution in [-0.2, 0) is 11.3 Å². The molecule has 0 atom stereocenters. The van der Waals surface area contributed by atoms with Crippen LogP contribution >= 0.6 is 0 Å². The van der Waals surface area contributed by atoms with Gasteiger partial charge in [-0.15, -0.1) is 0 Å². The first-order valence-electron chi connectivity index (χ1n) is 8.04. The summed E-state index contributed by atoms with van der Waals surface area (Å²) in [4.78, 5) is 23.9. The Morgan fingerprint density at radius 3 is 2.36 bits per heavy atom. The maximum Gasteiger partial charge on any atom is 0.338 e. The molecule has 0 saturated carbocycles. The van der Waals surface area contributed by atoms with E-state index in [1.54, 1.807) is 43.5 Å². The van der Waals surface area contributed by atoms with Crippen molar-refractivity contribution in [2.24, 2.45) is 0 Å². The van der Waals surface area contributed by atoms with E-state index < -0.39 is 5.97 Å². The number of aryl methyl sites for hydroxylation is 1. The number of carbonyl (C=O) groups is 2. The fourth-order valence-corrected chi connectivity index (χ4v) is 2.38. The van der Waals surface area contributed by atoms with Gasteiger partial charge in [0.2, 0.25) is 0 Å². The molecule has 2 aromatic carbocycles. The fourth-order valence-electron chi connectivity index (χ4n) is 2.38. The van der Waals surface area contributed by atoms with E-state index in [4.69, 9.17) is 14.2 Å². The van der Waals surface area contributed by atoms with Gasteiger partial charge >= 0.3 is 5.97 Å². The summed E-state index contributed by atoms with van der Waals surface area (Å²) in [6.45, 7) is 5.76. The summed E-state index contributed by atoms with van der Waals surface area (Å²) in [5.41, 5.74) is 2.54. The summed E-state index contributed by atoms with van der Waals surface area (Å²) in [5.74, 6) is 0.706. The van der Waals surface area contributed by atoms with Gasteiger partial charge in [-0.2, -0.15) is 0 Å². The Morgan fingerprint density at radius 1 is 1.00 bits per heavy atom. The molecular formula is C20H22O5. The van der Waals surface area contributed by atoms with Gasteiger partial charge in [-0.05, 0) is 56.7 Å². The lowest BCUT2D eigenvalue weighted by molar-refractivity contribution is 0.0469. The highest BCUT2D eigenvalue weighted by Gasteiger charge is 2.13. The highest BCUT2D eigenvalue weighted by Crippen LogP contribution is 2.23. The first-order valence-corrected chi connectivity index (χ1v) is 8.04. The molecule has 0 radical (unpaired) electrons. The zero-order valence-corrected chi connectivity index (χ0v) is 14.9. The number of methoxy groups -OCH3 is 1. The van der Waals surface area contributed by atoms with Gasteiger partial charge in [0, 0.05) is 11.1 Å². The second-order valence-corrected chi connectivity index (χ2v) is 5.57. The Hall–Kier alpha value is -2.82. The van der Waals surface area contributed by atoms with Gasteiger partial charge in [0.25, 0.3) is 0 Å². The summed E-state index contributed by atoms with van der Waals surface area (Å²) < 4.78 is 16.2. The number of benzene rings is 2. The highest BCUT2D eigenvalue weighted by molar-refractivity contribution is 5.94. The molecule has 0 heterocycles. The number of rotatable bonds is 7. The third-order valence-corrected chi connectivity index (χ3v) is 3.77. The van der Waals surface area contributed by atoms with Crippen molar-refractivity contribution in [1.82, 2.24) is 0 Å². The lowest BCUT2D eigenvalue weighted by Crippen LogP contribution is -2.08. The van der Waals surface area contributed by atoms with E-state index in [1.807, 2.05) is 13.8 Å².